The summed E-state index contributed by atoms with van der Waals surface area (Å²) in [6, 6.07) is 3.56. The molecule has 0 saturated heterocycles. The van der Waals surface area contributed by atoms with E-state index in [1.807, 2.05) is 0 Å². The van der Waals surface area contributed by atoms with Crippen LogP contribution in [0.15, 0.2) is 18.3 Å². The Morgan fingerprint density at radius 1 is 1.45 bits per heavy atom. The topological polar surface area (TPSA) is 66.2 Å². The van der Waals surface area contributed by atoms with Crippen LogP contribution in [-0.4, -0.2) is 52.7 Å². The van der Waals surface area contributed by atoms with Crippen LogP contribution in [0.3, 0.4) is 0 Å². The highest BCUT2D eigenvalue weighted by molar-refractivity contribution is 7.95. The maximum atomic E-state index is 11.7. The lowest BCUT2D eigenvalue weighted by Crippen LogP contribution is -2.13. The number of ether oxygens (including phenoxy) is 2. The summed E-state index contributed by atoms with van der Waals surface area (Å²) >= 11 is 0. The van der Waals surface area contributed by atoms with Crippen molar-refractivity contribution in [3.05, 3.63) is 24.0 Å². The summed E-state index contributed by atoms with van der Waals surface area (Å²) in [4.78, 5) is 15.9. The Kier molecular flexibility index (Phi) is 4.97. The van der Waals surface area contributed by atoms with E-state index in [-0.39, 0.29) is 12.4 Å². The molecule has 6 nitrogen and oxygen atoms in total. The van der Waals surface area contributed by atoms with E-state index in [4.69, 9.17) is 9.47 Å². The fourth-order valence-corrected chi connectivity index (χ4v) is 2.17. The lowest BCUT2D eigenvalue weighted by atomic mass is 10.3. The predicted molar refractivity (Wildman–Crippen MR) is 78.9 cm³/mol. The quantitative estimate of drug-likeness (QED) is 0.453. The Bertz CT molecular complexity index is 598. The lowest BCUT2D eigenvalue weighted by molar-refractivity contribution is 0.0586. The van der Waals surface area contributed by atoms with Crippen LogP contribution in [0.5, 0.6) is 0 Å². The van der Waals surface area contributed by atoms with E-state index in [2.05, 4.69) is 22.6 Å². The van der Waals surface area contributed by atoms with Gasteiger partial charge in [-0.2, -0.15) is 5.10 Å². The SMILES string of the molecule is COC(=O)c1nn(COCC[S+](C)C)c2ncccc12. The third-order valence-corrected chi connectivity index (χ3v) is 3.72. The molecule has 0 aromatic carbocycles. The number of pyridine rings is 1. The van der Waals surface area contributed by atoms with Gasteiger partial charge in [-0.1, -0.05) is 0 Å². The monoisotopic (exact) mass is 296 g/mol. The molecule has 0 N–H and O–H groups in total. The van der Waals surface area contributed by atoms with E-state index in [0.717, 1.165) is 5.75 Å². The normalized spacial score (nSPS) is 11.2. The van der Waals surface area contributed by atoms with Crippen LogP contribution in [0, 0.1) is 0 Å². The van der Waals surface area contributed by atoms with Crippen LogP contribution >= 0.6 is 0 Å². The summed E-state index contributed by atoms with van der Waals surface area (Å²) in [6.45, 7) is 0.944. The van der Waals surface area contributed by atoms with E-state index in [1.165, 1.54) is 7.11 Å². The first-order chi connectivity index (χ1) is 9.63. The van der Waals surface area contributed by atoms with Crippen molar-refractivity contribution in [3.8, 4) is 0 Å². The summed E-state index contributed by atoms with van der Waals surface area (Å²) in [7, 11) is 1.69. The highest BCUT2D eigenvalue weighted by Crippen LogP contribution is 2.16. The Labute approximate surface area is 120 Å². The van der Waals surface area contributed by atoms with Gasteiger partial charge in [0.2, 0.25) is 0 Å². The fraction of sp³-hybridized carbons (Fsp3) is 0.462. The fourth-order valence-electron chi connectivity index (χ4n) is 1.72. The smallest absolute Gasteiger partial charge is 0.359 e. The average molecular weight is 296 g/mol. The first-order valence-corrected chi connectivity index (χ1v) is 8.36. The minimum absolute atomic E-state index is 0.268. The highest BCUT2D eigenvalue weighted by atomic mass is 32.2. The number of rotatable bonds is 6. The number of nitrogens with zero attached hydrogens (tertiary/aromatic N) is 3. The zero-order chi connectivity index (χ0) is 14.5. The van der Waals surface area contributed by atoms with Crippen LogP contribution < -0.4 is 0 Å². The van der Waals surface area contributed by atoms with Crippen LogP contribution in [0.2, 0.25) is 0 Å². The number of fused-ring (bicyclic) bond motifs is 1. The number of aromatic nitrogens is 3. The van der Waals surface area contributed by atoms with Crippen molar-refractivity contribution in [2.75, 3.05) is 32.0 Å². The van der Waals surface area contributed by atoms with Crippen LogP contribution in [-0.2, 0) is 27.1 Å². The minimum Gasteiger partial charge on any atom is -0.464 e. The first-order valence-electron chi connectivity index (χ1n) is 6.15. The molecule has 0 fully saturated rings. The van der Waals surface area contributed by atoms with E-state index < -0.39 is 5.97 Å². The van der Waals surface area contributed by atoms with Gasteiger partial charge in [-0.25, -0.2) is 14.5 Å². The lowest BCUT2D eigenvalue weighted by Gasteiger charge is -2.03. The second-order valence-electron chi connectivity index (χ2n) is 4.44. The van der Waals surface area contributed by atoms with Gasteiger partial charge in [0.1, 0.15) is 12.5 Å². The summed E-state index contributed by atoms with van der Waals surface area (Å²) in [5.41, 5.74) is 0.893. The average Bonchev–Trinajstić information content (AvgIpc) is 2.82. The van der Waals surface area contributed by atoms with Gasteiger partial charge < -0.3 is 9.47 Å². The molecular formula is C13H18N3O3S+. The van der Waals surface area contributed by atoms with Gasteiger partial charge in [0.15, 0.2) is 11.3 Å². The third-order valence-electron chi connectivity index (χ3n) is 2.74. The summed E-state index contributed by atoms with van der Waals surface area (Å²) in [5, 5.41) is 4.91. The molecule has 0 spiro atoms. The van der Waals surface area contributed by atoms with Crippen molar-refractivity contribution in [2.45, 2.75) is 6.73 Å². The van der Waals surface area contributed by atoms with Gasteiger partial charge in [0.05, 0.1) is 31.6 Å². The second-order valence-corrected chi connectivity index (χ2v) is 6.82. The maximum Gasteiger partial charge on any atom is 0.359 e. The molecule has 2 rings (SSSR count). The van der Waals surface area contributed by atoms with Crippen molar-refractivity contribution < 1.29 is 14.3 Å². The van der Waals surface area contributed by atoms with Gasteiger partial charge in [0, 0.05) is 6.20 Å². The second kappa shape index (κ2) is 6.71. The van der Waals surface area contributed by atoms with Crippen molar-refractivity contribution in [1.82, 2.24) is 14.8 Å². The number of methoxy groups -OCH3 is 1. The maximum absolute atomic E-state index is 11.7. The molecule has 0 unspecified atom stereocenters. The molecule has 0 atom stereocenters. The molecule has 0 aliphatic rings. The molecule has 0 amide bonds. The standard InChI is InChI=1S/C13H18N3O3S/c1-18-13(17)11-10-5-4-6-14-12(10)16(15-11)9-19-7-8-20(2)3/h4-6H,7-9H2,1-3H3/q+1. The zero-order valence-electron chi connectivity index (χ0n) is 11.8. The van der Waals surface area contributed by atoms with Gasteiger partial charge in [-0.05, 0) is 23.0 Å². The Morgan fingerprint density at radius 3 is 2.95 bits per heavy atom. The number of esters is 1. The first kappa shape index (κ1) is 14.8. The van der Waals surface area contributed by atoms with E-state index in [9.17, 15) is 4.79 Å². The van der Waals surface area contributed by atoms with E-state index in [1.54, 1.807) is 23.0 Å². The van der Waals surface area contributed by atoms with E-state index in [0.29, 0.717) is 28.5 Å². The van der Waals surface area contributed by atoms with Crippen molar-refractivity contribution in [3.63, 3.8) is 0 Å². The molecule has 2 aromatic rings. The van der Waals surface area contributed by atoms with Crippen molar-refractivity contribution >= 4 is 27.9 Å². The number of hydrogen-bond acceptors (Lipinski definition) is 5. The number of hydrogen-bond donors (Lipinski definition) is 0. The summed E-state index contributed by atoms with van der Waals surface area (Å²) < 4.78 is 11.9. The Balaban J connectivity index is 2.18. The summed E-state index contributed by atoms with van der Waals surface area (Å²) in [6.07, 6.45) is 6.00. The molecule has 0 saturated carbocycles. The molecule has 7 heteroatoms. The Morgan fingerprint density at radius 2 is 2.25 bits per heavy atom. The van der Waals surface area contributed by atoms with Gasteiger partial charge in [0.25, 0.3) is 0 Å². The Hall–Kier alpha value is -1.60. The molecule has 0 bridgehead atoms. The highest BCUT2D eigenvalue weighted by Gasteiger charge is 2.18. The van der Waals surface area contributed by atoms with Crippen molar-refractivity contribution in [2.24, 2.45) is 0 Å². The predicted octanol–water partition coefficient (Wildman–Crippen LogP) is 1.07. The third kappa shape index (κ3) is 3.29. The van der Waals surface area contributed by atoms with Crippen LogP contribution in [0.1, 0.15) is 10.5 Å². The molecule has 0 aliphatic heterocycles. The molecule has 2 aromatic heterocycles. The van der Waals surface area contributed by atoms with Gasteiger partial charge in [-0.3, -0.25) is 0 Å². The minimum atomic E-state index is -0.467. The van der Waals surface area contributed by atoms with Gasteiger partial charge >= 0.3 is 5.97 Å². The van der Waals surface area contributed by atoms with Crippen LogP contribution in [0.25, 0.3) is 11.0 Å². The van der Waals surface area contributed by atoms with Gasteiger partial charge in [-0.15, -0.1) is 0 Å². The largest absolute Gasteiger partial charge is 0.464 e. The molecule has 108 valence electrons. The number of carbonyl (C=O) groups is 1. The molecule has 0 aliphatic carbocycles. The number of carbonyl (C=O) groups excluding carboxylic acids is 1. The summed E-state index contributed by atoms with van der Waals surface area (Å²) in [5.74, 6) is 0.543. The zero-order valence-corrected chi connectivity index (χ0v) is 12.6. The molecule has 2 heterocycles. The molecule has 0 radical (unpaired) electrons. The molecule has 20 heavy (non-hydrogen) atoms. The van der Waals surface area contributed by atoms with E-state index >= 15 is 0 Å². The van der Waals surface area contributed by atoms with Crippen LogP contribution in [0.4, 0.5) is 0 Å². The van der Waals surface area contributed by atoms with Crippen molar-refractivity contribution in [1.29, 1.82) is 0 Å². The molecular weight excluding hydrogens is 278 g/mol.